The normalized spacial score (nSPS) is 10.6. The molecule has 5 heteroatoms. The van der Waals surface area contributed by atoms with E-state index in [1.165, 1.54) is 11.8 Å². The molecule has 2 rings (SSSR count). The van der Waals surface area contributed by atoms with Crippen LogP contribution in [0.5, 0.6) is 0 Å². The van der Waals surface area contributed by atoms with E-state index < -0.39 is 5.91 Å². The zero-order chi connectivity index (χ0) is 10.1. The minimum Gasteiger partial charge on any atom is -0.366 e. The van der Waals surface area contributed by atoms with Crippen LogP contribution in [0.3, 0.4) is 0 Å². The van der Waals surface area contributed by atoms with Crippen LogP contribution < -0.4 is 5.73 Å². The number of hydrogen-bond acceptors (Lipinski definition) is 3. The summed E-state index contributed by atoms with van der Waals surface area (Å²) < 4.78 is 0. The third-order valence-electron chi connectivity index (χ3n) is 2.01. The number of thioether (sulfide) groups is 1. The van der Waals surface area contributed by atoms with Crippen LogP contribution >= 0.6 is 11.8 Å². The van der Waals surface area contributed by atoms with E-state index in [1.807, 2.05) is 12.3 Å². The van der Waals surface area contributed by atoms with Crippen LogP contribution in [0.15, 0.2) is 23.4 Å². The minimum absolute atomic E-state index is 0.411. The molecule has 1 aromatic heterocycles. The number of nitrogens with two attached hydrogens (primary N) is 1. The fourth-order valence-corrected chi connectivity index (χ4v) is 1.93. The quantitative estimate of drug-likeness (QED) is 0.731. The van der Waals surface area contributed by atoms with Gasteiger partial charge in [0.05, 0.1) is 22.9 Å². The number of nitrogens with zero attached hydrogens (tertiary/aromatic N) is 1. The number of fused-ring (bicyclic) bond motifs is 1. The van der Waals surface area contributed by atoms with Gasteiger partial charge in [-0.2, -0.15) is 0 Å². The lowest BCUT2D eigenvalue weighted by Crippen LogP contribution is -2.12. The number of aromatic nitrogens is 2. The second-order valence-electron chi connectivity index (χ2n) is 2.84. The fraction of sp³-hybridized carbons (Fsp3) is 0.111. The molecule has 4 nitrogen and oxygen atoms in total. The first-order valence-electron chi connectivity index (χ1n) is 4.03. The Morgan fingerprint density at radius 3 is 3.00 bits per heavy atom. The minimum atomic E-state index is -0.411. The average molecular weight is 207 g/mol. The van der Waals surface area contributed by atoms with E-state index in [0.29, 0.717) is 5.56 Å². The van der Waals surface area contributed by atoms with Crippen molar-refractivity contribution >= 4 is 28.7 Å². The predicted molar refractivity (Wildman–Crippen MR) is 56.4 cm³/mol. The first-order chi connectivity index (χ1) is 6.72. The molecule has 0 fully saturated rings. The van der Waals surface area contributed by atoms with Crippen molar-refractivity contribution in [2.24, 2.45) is 5.73 Å². The van der Waals surface area contributed by atoms with Gasteiger partial charge in [-0.15, -0.1) is 11.8 Å². The van der Waals surface area contributed by atoms with Crippen molar-refractivity contribution in [1.29, 1.82) is 0 Å². The highest BCUT2D eigenvalue weighted by Crippen LogP contribution is 2.24. The molecule has 1 aromatic carbocycles. The number of nitrogens with one attached hydrogen (secondary N) is 1. The van der Waals surface area contributed by atoms with Crippen LogP contribution in [-0.4, -0.2) is 22.1 Å². The molecular formula is C9H9N3OS. The van der Waals surface area contributed by atoms with E-state index >= 15 is 0 Å². The molecule has 0 aliphatic rings. The maximum absolute atomic E-state index is 11.1. The third-order valence-corrected chi connectivity index (χ3v) is 2.78. The molecule has 1 amide bonds. The highest BCUT2D eigenvalue weighted by Gasteiger charge is 2.09. The van der Waals surface area contributed by atoms with Crippen LogP contribution in [0, 0.1) is 0 Å². The summed E-state index contributed by atoms with van der Waals surface area (Å²) in [6.07, 6.45) is 3.50. The van der Waals surface area contributed by atoms with E-state index in [-0.39, 0.29) is 0 Å². The first kappa shape index (κ1) is 9.08. The van der Waals surface area contributed by atoms with E-state index in [0.717, 1.165) is 15.9 Å². The summed E-state index contributed by atoms with van der Waals surface area (Å²) >= 11 is 1.49. The van der Waals surface area contributed by atoms with Gasteiger partial charge in [0.25, 0.3) is 0 Å². The molecule has 0 unspecified atom stereocenters. The lowest BCUT2D eigenvalue weighted by molar-refractivity contribution is 0.0997. The zero-order valence-corrected chi connectivity index (χ0v) is 8.39. The Hall–Kier alpha value is -1.49. The van der Waals surface area contributed by atoms with Gasteiger partial charge >= 0.3 is 0 Å². The van der Waals surface area contributed by atoms with Gasteiger partial charge in [-0.3, -0.25) is 4.79 Å². The lowest BCUT2D eigenvalue weighted by atomic mass is 10.2. The van der Waals surface area contributed by atoms with E-state index in [9.17, 15) is 4.79 Å². The van der Waals surface area contributed by atoms with Gasteiger partial charge in [0, 0.05) is 4.90 Å². The van der Waals surface area contributed by atoms with Crippen molar-refractivity contribution in [3.8, 4) is 0 Å². The zero-order valence-electron chi connectivity index (χ0n) is 7.57. The fourth-order valence-electron chi connectivity index (χ4n) is 1.32. The molecular weight excluding hydrogens is 198 g/mol. The summed E-state index contributed by atoms with van der Waals surface area (Å²) in [6.45, 7) is 0. The molecule has 0 bridgehead atoms. The number of carbonyl (C=O) groups excluding carboxylic acids is 1. The van der Waals surface area contributed by atoms with Gasteiger partial charge in [0.2, 0.25) is 5.91 Å². The largest absolute Gasteiger partial charge is 0.366 e. The number of amides is 1. The first-order valence-corrected chi connectivity index (χ1v) is 5.26. The Morgan fingerprint density at radius 1 is 1.57 bits per heavy atom. The highest BCUT2D eigenvalue weighted by atomic mass is 32.2. The monoisotopic (exact) mass is 207 g/mol. The van der Waals surface area contributed by atoms with Crippen LogP contribution in [0.4, 0.5) is 0 Å². The second kappa shape index (κ2) is 3.34. The Morgan fingerprint density at radius 2 is 2.36 bits per heavy atom. The standard InChI is InChI=1S/C9H9N3OS/c1-14-8-3-7-6(11-4-12-7)2-5(8)9(10)13/h2-4H,1H3,(H2,10,13)(H,11,12). The highest BCUT2D eigenvalue weighted by molar-refractivity contribution is 7.98. The van der Waals surface area contributed by atoms with Crippen LogP contribution in [0.1, 0.15) is 10.4 Å². The number of H-pyrrole nitrogens is 1. The molecule has 0 aliphatic heterocycles. The topological polar surface area (TPSA) is 71.8 Å². The molecule has 1 heterocycles. The molecule has 72 valence electrons. The molecule has 0 radical (unpaired) electrons. The summed E-state index contributed by atoms with van der Waals surface area (Å²) in [5.41, 5.74) is 7.48. The van der Waals surface area contributed by atoms with Gasteiger partial charge in [-0.25, -0.2) is 4.98 Å². The van der Waals surface area contributed by atoms with Crippen molar-refractivity contribution in [3.05, 3.63) is 24.0 Å². The molecule has 0 aliphatic carbocycles. The van der Waals surface area contributed by atoms with Gasteiger partial charge in [-0.05, 0) is 18.4 Å². The number of aromatic amines is 1. The summed E-state index contributed by atoms with van der Waals surface area (Å²) in [5.74, 6) is -0.411. The molecule has 3 N–H and O–H groups in total. The number of hydrogen-bond donors (Lipinski definition) is 2. The Bertz CT molecular complexity index is 492. The van der Waals surface area contributed by atoms with Gasteiger partial charge in [0.1, 0.15) is 0 Å². The smallest absolute Gasteiger partial charge is 0.249 e. The van der Waals surface area contributed by atoms with Crippen molar-refractivity contribution in [2.75, 3.05) is 6.26 Å². The van der Waals surface area contributed by atoms with E-state index in [2.05, 4.69) is 9.97 Å². The Kier molecular flexibility index (Phi) is 2.17. The average Bonchev–Trinajstić information content (AvgIpc) is 2.62. The molecule has 14 heavy (non-hydrogen) atoms. The maximum atomic E-state index is 11.1. The van der Waals surface area contributed by atoms with Crippen LogP contribution in [-0.2, 0) is 0 Å². The Labute approximate surface area is 84.9 Å². The number of primary amides is 1. The summed E-state index contributed by atoms with van der Waals surface area (Å²) in [7, 11) is 0. The van der Waals surface area contributed by atoms with Crippen molar-refractivity contribution in [3.63, 3.8) is 0 Å². The summed E-state index contributed by atoms with van der Waals surface area (Å²) in [4.78, 5) is 19.0. The van der Waals surface area contributed by atoms with Gasteiger partial charge in [-0.1, -0.05) is 0 Å². The third kappa shape index (κ3) is 1.35. The SMILES string of the molecule is CSc1cc2nc[nH]c2cc1C(N)=O. The second-order valence-corrected chi connectivity index (χ2v) is 3.68. The van der Waals surface area contributed by atoms with Gasteiger partial charge in [0.15, 0.2) is 0 Å². The maximum Gasteiger partial charge on any atom is 0.249 e. The number of benzene rings is 1. The summed E-state index contributed by atoms with van der Waals surface area (Å²) in [5, 5.41) is 0. The van der Waals surface area contributed by atoms with Crippen molar-refractivity contribution in [1.82, 2.24) is 9.97 Å². The predicted octanol–water partition coefficient (Wildman–Crippen LogP) is 1.38. The molecule has 0 spiro atoms. The number of imidazole rings is 1. The Balaban J connectivity index is 2.72. The van der Waals surface area contributed by atoms with Crippen LogP contribution in [0.2, 0.25) is 0 Å². The molecule has 2 aromatic rings. The molecule has 0 saturated carbocycles. The van der Waals surface area contributed by atoms with Crippen molar-refractivity contribution in [2.45, 2.75) is 4.90 Å². The summed E-state index contributed by atoms with van der Waals surface area (Å²) in [6, 6.07) is 3.59. The van der Waals surface area contributed by atoms with Crippen LogP contribution in [0.25, 0.3) is 11.0 Å². The number of rotatable bonds is 2. The van der Waals surface area contributed by atoms with E-state index in [4.69, 9.17) is 5.73 Å². The number of carbonyl (C=O) groups is 1. The lowest BCUT2D eigenvalue weighted by Gasteiger charge is -2.02. The van der Waals surface area contributed by atoms with Gasteiger partial charge < -0.3 is 10.7 Å². The molecule has 0 saturated heterocycles. The van der Waals surface area contributed by atoms with Crippen molar-refractivity contribution < 1.29 is 4.79 Å². The van der Waals surface area contributed by atoms with E-state index in [1.54, 1.807) is 12.4 Å². The molecule has 0 atom stereocenters.